The molecule has 0 saturated carbocycles. The number of hydrogen-bond acceptors (Lipinski definition) is 1. The lowest BCUT2D eigenvalue weighted by Gasteiger charge is -2.19. The molecular weight excluding hydrogens is 205 g/mol. The standard InChI is InChI=1S/C12H13FN3/c13-16-11-7-2-1-5-9(11)15-12(16)10-6-3-4-8-14-10/h1-2,5,7,10H,3-4,6,8H2. The zero-order valence-corrected chi connectivity index (χ0v) is 8.93. The Hall–Kier alpha value is -1.42. The third-order valence-corrected chi connectivity index (χ3v) is 3.06. The summed E-state index contributed by atoms with van der Waals surface area (Å²) in [6.07, 6.45) is 3.13. The molecule has 1 aromatic heterocycles. The Labute approximate surface area is 93.2 Å². The maximum Gasteiger partial charge on any atom is 0.159 e. The van der Waals surface area contributed by atoms with Gasteiger partial charge in [-0.2, -0.15) is 4.79 Å². The largest absolute Gasteiger partial charge is 0.230 e. The van der Waals surface area contributed by atoms with Crippen LogP contribution in [0.15, 0.2) is 24.3 Å². The normalized spacial score (nSPS) is 21.4. The van der Waals surface area contributed by atoms with Crippen LogP contribution in [0.3, 0.4) is 0 Å². The third-order valence-electron chi connectivity index (χ3n) is 3.06. The number of nitrogens with zero attached hydrogens (tertiary/aromatic N) is 3. The van der Waals surface area contributed by atoms with E-state index in [0.29, 0.717) is 21.6 Å². The average molecular weight is 218 g/mol. The molecule has 16 heavy (non-hydrogen) atoms. The quantitative estimate of drug-likeness (QED) is 0.724. The van der Waals surface area contributed by atoms with Crippen molar-refractivity contribution in [3.63, 3.8) is 0 Å². The van der Waals surface area contributed by atoms with Gasteiger partial charge in [0.25, 0.3) is 0 Å². The lowest BCUT2D eigenvalue weighted by atomic mass is 10.0. The van der Waals surface area contributed by atoms with Crippen molar-refractivity contribution in [3.05, 3.63) is 30.1 Å². The molecule has 0 amide bonds. The Morgan fingerprint density at radius 1 is 1.25 bits per heavy atom. The summed E-state index contributed by atoms with van der Waals surface area (Å²) >= 11 is 0. The monoisotopic (exact) mass is 218 g/mol. The molecule has 2 heterocycles. The molecule has 3 rings (SSSR count). The van der Waals surface area contributed by atoms with Crippen molar-refractivity contribution in [3.8, 4) is 0 Å². The van der Waals surface area contributed by atoms with Gasteiger partial charge in [-0.15, -0.1) is 0 Å². The summed E-state index contributed by atoms with van der Waals surface area (Å²) < 4.78 is 14.0. The van der Waals surface area contributed by atoms with Crippen molar-refractivity contribution in [1.29, 1.82) is 0 Å². The van der Waals surface area contributed by atoms with Gasteiger partial charge in [-0.05, 0) is 25.0 Å². The number of fused-ring (bicyclic) bond motifs is 1. The zero-order valence-electron chi connectivity index (χ0n) is 8.93. The molecular formula is C12H13FN3. The van der Waals surface area contributed by atoms with Crippen LogP contribution in [0.2, 0.25) is 0 Å². The Bertz CT molecular complexity index is 500. The summed E-state index contributed by atoms with van der Waals surface area (Å²) in [5.74, 6) is 0.459. The second-order valence-electron chi connectivity index (χ2n) is 4.16. The molecule has 0 aliphatic carbocycles. The van der Waals surface area contributed by atoms with E-state index in [1.54, 1.807) is 6.07 Å². The summed E-state index contributed by atoms with van der Waals surface area (Å²) in [6.45, 7) is 0.827. The van der Waals surface area contributed by atoms with Crippen molar-refractivity contribution in [2.75, 3.05) is 6.54 Å². The third kappa shape index (κ3) is 1.50. The Morgan fingerprint density at radius 2 is 2.12 bits per heavy atom. The minimum absolute atomic E-state index is 0.0637. The van der Waals surface area contributed by atoms with Crippen LogP contribution >= 0.6 is 0 Å². The zero-order chi connectivity index (χ0) is 11.0. The van der Waals surface area contributed by atoms with Gasteiger partial charge in [-0.25, -0.2) is 10.3 Å². The molecule has 1 saturated heterocycles. The van der Waals surface area contributed by atoms with Gasteiger partial charge in [0.15, 0.2) is 5.82 Å². The molecule has 1 aliphatic rings. The number of piperidine rings is 1. The average Bonchev–Trinajstić information content (AvgIpc) is 2.69. The first-order chi connectivity index (χ1) is 7.86. The molecule has 1 radical (unpaired) electrons. The fourth-order valence-electron chi connectivity index (χ4n) is 2.22. The fraction of sp³-hybridized carbons (Fsp3) is 0.417. The van der Waals surface area contributed by atoms with E-state index in [1.807, 2.05) is 18.2 Å². The van der Waals surface area contributed by atoms with E-state index in [4.69, 9.17) is 0 Å². The van der Waals surface area contributed by atoms with Crippen LogP contribution < -0.4 is 5.32 Å². The highest BCUT2D eigenvalue weighted by atomic mass is 19.2. The van der Waals surface area contributed by atoms with Crippen molar-refractivity contribution >= 4 is 11.0 Å². The van der Waals surface area contributed by atoms with Crippen molar-refractivity contribution in [2.24, 2.45) is 0 Å². The number of benzene rings is 1. The first-order valence-corrected chi connectivity index (χ1v) is 5.66. The van der Waals surface area contributed by atoms with Gasteiger partial charge in [-0.1, -0.05) is 23.0 Å². The van der Waals surface area contributed by atoms with Gasteiger partial charge < -0.3 is 0 Å². The van der Waals surface area contributed by atoms with Crippen molar-refractivity contribution in [2.45, 2.75) is 25.3 Å². The van der Waals surface area contributed by atoms with E-state index in [2.05, 4.69) is 10.3 Å². The number of halogens is 1. The highest BCUT2D eigenvalue weighted by molar-refractivity contribution is 5.75. The molecule has 3 nitrogen and oxygen atoms in total. The minimum Gasteiger partial charge on any atom is -0.230 e. The molecule has 0 spiro atoms. The van der Waals surface area contributed by atoms with Gasteiger partial charge in [-0.3, -0.25) is 0 Å². The van der Waals surface area contributed by atoms with Gasteiger partial charge >= 0.3 is 0 Å². The highest BCUT2D eigenvalue weighted by Crippen LogP contribution is 2.27. The fourth-order valence-corrected chi connectivity index (χ4v) is 2.22. The number of hydrogen-bond donors (Lipinski definition) is 0. The van der Waals surface area contributed by atoms with E-state index >= 15 is 0 Å². The van der Waals surface area contributed by atoms with E-state index in [0.717, 1.165) is 25.8 Å². The highest BCUT2D eigenvalue weighted by Gasteiger charge is 2.23. The number of rotatable bonds is 1. The molecule has 0 N–H and O–H groups in total. The summed E-state index contributed by atoms with van der Waals surface area (Å²) in [5, 5.41) is 4.43. The topological polar surface area (TPSA) is 31.9 Å². The van der Waals surface area contributed by atoms with Gasteiger partial charge in [0.2, 0.25) is 0 Å². The number of para-hydroxylation sites is 2. The molecule has 4 heteroatoms. The molecule has 1 atom stereocenters. The maximum atomic E-state index is 14.0. The first kappa shape index (κ1) is 9.78. The Kier molecular flexibility index (Phi) is 2.36. The Morgan fingerprint density at radius 3 is 2.88 bits per heavy atom. The van der Waals surface area contributed by atoms with Crippen molar-refractivity contribution in [1.82, 2.24) is 15.1 Å². The summed E-state index contributed by atoms with van der Waals surface area (Å²) in [7, 11) is 0. The lowest BCUT2D eigenvalue weighted by molar-refractivity contribution is 0.311. The summed E-state index contributed by atoms with van der Waals surface area (Å²) in [6, 6.07) is 7.21. The predicted octanol–water partition coefficient (Wildman–Crippen LogP) is 2.60. The molecule has 83 valence electrons. The smallest absolute Gasteiger partial charge is 0.159 e. The van der Waals surface area contributed by atoms with Crippen molar-refractivity contribution < 1.29 is 4.48 Å². The van der Waals surface area contributed by atoms with Gasteiger partial charge in [0.05, 0.1) is 11.6 Å². The second kappa shape index (κ2) is 3.87. The van der Waals surface area contributed by atoms with E-state index in [1.165, 1.54) is 0 Å². The van der Waals surface area contributed by atoms with Crippen LogP contribution in [0.5, 0.6) is 0 Å². The maximum absolute atomic E-state index is 14.0. The lowest BCUT2D eigenvalue weighted by Crippen LogP contribution is -2.22. The van der Waals surface area contributed by atoms with Crippen LogP contribution in [0.25, 0.3) is 11.0 Å². The molecule has 1 unspecified atom stereocenters. The van der Waals surface area contributed by atoms with Gasteiger partial charge in [0, 0.05) is 6.54 Å². The van der Waals surface area contributed by atoms with Crippen LogP contribution in [0.4, 0.5) is 4.48 Å². The summed E-state index contributed by atoms with van der Waals surface area (Å²) in [4.78, 5) is 5.02. The molecule has 2 aromatic rings. The van der Waals surface area contributed by atoms with Crippen LogP contribution in [0.1, 0.15) is 31.1 Å². The number of aromatic nitrogens is 2. The SMILES string of the molecule is Fn1c(C2CCCC[N]2)nc2ccccc21. The van der Waals surface area contributed by atoms with Crippen LogP contribution in [0, 0.1) is 0 Å². The minimum atomic E-state index is -0.0637. The van der Waals surface area contributed by atoms with Gasteiger partial charge in [0.1, 0.15) is 5.52 Å². The van der Waals surface area contributed by atoms with Crippen LogP contribution in [-0.2, 0) is 0 Å². The first-order valence-electron chi connectivity index (χ1n) is 5.66. The van der Waals surface area contributed by atoms with E-state index < -0.39 is 0 Å². The molecule has 1 aromatic carbocycles. The number of imidazole rings is 1. The Balaban J connectivity index is 2.05. The second-order valence-corrected chi connectivity index (χ2v) is 4.16. The summed E-state index contributed by atoms with van der Waals surface area (Å²) in [5.41, 5.74) is 1.25. The van der Waals surface area contributed by atoms with Crippen LogP contribution in [-0.4, -0.2) is 16.3 Å². The molecule has 1 aliphatic heterocycles. The van der Waals surface area contributed by atoms with E-state index in [9.17, 15) is 4.48 Å². The van der Waals surface area contributed by atoms with E-state index in [-0.39, 0.29) is 6.04 Å². The molecule has 1 fully saturated rings. The molecule has 0 bridgehead atoms. The predicted molar refractivity (Wildman–Crippen MR) is 59.8 cm³/mol.